The van der Waals surface area contributed by atoms with Gasteiger partial charge in [0.1, 0.15) is 0 Å². The van der Waals surface area contributed by atoms with E-state index in [1.807, 2.05) is 0 Å². The smallest absolute Gasteiger partial charge is 0.352 e. The van der Waals surface area contributed by atoms with Gasteiger partial charge in [-0.25, -0.2) is 21.6 Å². The molecule has 1 heterocycles. The summed E-state index contributed by atoms with van der Waals surface area (Å²) in [4.78, 5) is 12.3. The van der Waals surface area contributed by atoms with Gasteiger partial charge >= 0.3 is 6.18 Å². The van der Waals surface area contributed by atoms with Crippen molar-refractivity contribution in [2.24, 2.45) is 5.92 Å². The van der Waals surface area contributed by atoms with Crippen LogP contribution in [-0.4, -0.2) is 46.7 Å². The maximum Gasteiger partial charge on any atom is 0.416 e. The lowest BCUT2D eigenvalue weighted by Crippen LogP contribution is -2.32. The SMILES string of the molecule is C=CS(=O)(=O)NCC1CCN(S(=O)(=O)c2ccc(CC(=O)NCc3cccc(C(F)(F)F)c3)cc2)C1. The quantitative estimate of drug-likeness (QED) is 0.477. The molecule has 0 bridgehead atoms. The number of amides is 1. The van der Waals surface area contributed by atoms with Crippen molar-refractivity contribution in [3.05, 3.63) is 77.2 Å². The van der Waals surface area contributed by atoms with Crippen LogP contribution in [0.5, 0.6) is 0 Å². The molecule has 1 atom stereocenters. The number of carbonyl (C=O) groups excluding carboxylic acids is 1. The lowest BCUT2D eigenvalue weighted by Gasteiger charge is -2.17. The van der Waals surface area contributed by atoms with Gasteiger partial charge in [-0.15, -0.1) is 0 Å². The Kier molecular flexibility index (Phi) is 8.59. The molecular weight excluding hydrogens is 519 g/mol. The summed E-state index contributed by atoms with van der Waals surface area (Å²) in [6.07, 6.45) is -4.04. The Balaban J connectivity index is 1.54. The Morgan fingerprint density at radius 3 is 2.42 bits per heavy atom. The summed E-state index contributed by atoms with van der Waals surface area (Å²) in [5.41, 5.74) is 0.0443. The monoisotopic (exact) mass is 545 g/mol. The van der Waals surface area contributed by atoms with E-state index in [0.29, 0.717) is 17.5 Å². The predicted octanol–water partition coefficient (Wildman–Crippen LogP) is 2.64. The van der Waals surface area contributed by atoms with E-state index in [1.165, 1.54) is 40.7 Å². The van der Waals surface area contributed by atoms with Crippen LogP contribution in [0.25, 0.3) is 0 Å². The molecule has 13 heteroatoms. The van der Waals surface area contributed by atoms with Crippen molar-refractivity contribution >= 4 is 26.0 Å². The average molecular weight is 546 g/mol. The molecule has 2 aromatic carbocycles. The number of hydrogen-bond acceptors (Lipinski definition) is 5. The maximum absolute atomic E-state index is 12.9. The molecule has 2 aromatic rings. The third kappa shape index (κ3) is 7.38. The number of carbonyl (C=O) groups is 1. The Bertz CT molecular complexity index is 1310. The molecule has 8 nitrogen and oxygen atoms in total. The topological polar surface area (TPSA) is 113 Å². The van der Waals surface area contributed by atoms with Crippen LogP contribution in [0.1, 0.15) is 23.1 Å². The van der Waals surface area contributed by atoms with E-state index in [9.17, 15) is 34.8 Å². The van der Waals surface area contributed by atoms with Gasteiger partial charge in [0.25, 0.3) is 0 Å². The van der Waals surface area contributed by atoms with Crippen molar-refractivity contribution in [1.82, 2.24) is 14.3 Å². The molecule has 0 spiro atoms. The molecule has 0 radical (unpaired) electrons. The van der Waals surface area contributed by atoms with Crippen molar-refractivity contribution < 1.29 is 34.8 Å². The van der Waals surface area contributed by atoms with Crippen molar-refractivity contribution in [3.8, 4) is 0 Å². The van der Waals surface area contributed by atoms with Crippen LogP contribution in [0, 0.1) is 5.92 Å². The van der Waals surface area contributed by atoms with Gasteiger partial charge in [0.2, 0.25) is 26.0 Å². The van der Waals surface area contributed by atoms with E-state index in [4.69, 9.17) is 0 Å². The van der Waals surface area contributed by atoms with Crippen molar-refractivity contribution in [1.29, 1.82) is 0 Å². The summed E-state index contributed by atoms with van der Waals surface area (Å²) in [5, 5.41) is 3.35. The number of halogens is 3. The number of rotatable bonds is 10. The van der Waals surface area contributed by atoms with Gasteiger partial charge in [-0.3, -0.25) is 4.79 Å². The lowest BCUT2D eigenvalue weighted by molar-refractivity contribution is -0.137. The lowest BCUT2D eigenvalue weighted by atomic mass is 10.1. The van der Waals surface area contributed by atoms with E-state index >= 15 is 0 Å². The second kappa shape index (κ2) is 11.1. The highest BCUT2D eigenvalue weighted by Gasteiger charge is 2.33. The van der Waals surface area contributed by atoms with Gasteiger partial charge in [-0.2, -0.15) is 17.5 Å². The molecule has 1 aliphatic rings. The standard InChI is InChI=1S/C23H26F3N3O5S2/c1-2-35(31,32)28-15-19-10-11-29(16-19)36(33,34)21-8-6-17(7-9-21)13-22(30)27-14-18-4-3-5-20(12-18)23(24,25)26/h2-9,12,19,28H,1,10-11,13-16H2,(H,27,30). The zero-order valence-corrected chi connectivity index (χ0v) is 20.8. The Labute approximate surface area is 208 Å². The highest BCUT2D eigenvalue weighted by molar-refractivity contribution is 7.92. The van der Waals surface area contributed by atoms with Crippen molar-refractivity contribution in [2.75, 3.05) is 19.6 Å². The molecule has 1 aliphatic heterocycles. The number of alkyl halides is 3. The molecule has 1 unspecified atom stereocenters. The van der Waals surface area contributed by atoms with E-state index in [0.717, 1.165) is 17.5 Å². The first-order valence-electron chi connectivity index (χ1n) is 10.9. The summed E-state index contributed by atoms with van der Waals surface area (Å²) in [6, 6.07) is 10.4. The van der Waals surface area contributed by atoms with Crippen LogP contribution >= 0.6 is 0 Å². The molecule has 2 N–H and O–H groups in total. The maximum atomic E-state index is 12.9. The molecule has 0 aromatic heterocycles. The normalized spacial score (nSPS) is 17.1. The molecule has 36 heavy (non-hydrogen) atoms. The van der Waals surface area contributed by atoms with Crippen LogP contribution in [0.15, 0.2) is 65.4 Å². The van der Waals surface area contributed by atoms with Gasteiger partial charge in [-0.05, 0) is 47.7 Å². The second-order valence-electron chi connectivity index (χ2n) is 8.37. The van der Waals surface area contributed by atoms with Crippen molar-refractivity contribution in [2.45, 2.75) is 30.5 Å². The molecule has 196 valence electrons. The zero-order chi connectivity index (χ0) is 26.6. The summed E-state index contributed by atoms with van der Waals surface area (Å²) < 4.78 is 91.0. The number of benzene rings is 2. The van der Waals surface area contributed by atoms with Gasteiger partial charge < -0.3 is 5.32 Å². The van der Waals surface area contributed by atoms with E-state index in [-0.39, 0.29) is 43.4 Å². The van der Waals surface area contributed by atoms with Crippen LogP contribution in [-0.2, 0) is 44.0 Å². The minimum absolute atomic E-state index is 0.0444. The molecular formula is C23H26F3N3O5S2. The first-order valence-corrected chi connectivity index (χ1v) is 13.9. The third-order valence-corrected chi connectivity index (χ3v) is 8.60. The fourth-order valence-corrected chi connectivity index (χ4v) is 5.83. The molecule has 0 aliphatic carbocycles. The summed E-state index contributed by atoms with van der Waals surface area (Å²) in [6.45, 7) is 3.66. The second-order valence-corrected chi connectivity index (χ2v) is 12.0. The third-order valence-electron chi connectivity index (χ3n) is 5.71. The fraction of sp³-hybridized carbons (Fsp3) is 0.348. The summed E-state index contributed by atoms with van der Waals surface area (Å²) >= 11 is 0. The summed E-state index contributed by atoms with van der Waals surface area (Å²) in [5.74, 6) is -0.596. The Morgan fingerprint density at radius 1 is 1.08 bits per heavy atom. The van der Waals surface area contributed by atoms with Crippen molar-refractivity contribution in [3.63, 3.8) is 0 Å². The number of nitrogens with zero attached hydrogens (tertiary/aromatic N) is 1. The first kappa shape index (κ1) is 27.8. The average Bonchev–Trinajstić information content (AvgIpc) is 3.32. The number of nitrogens with one attached hydrogen (secondary N) is 2. The van der Waals surface area contributed by atoms with Gasteiger partial charge in [0.15, 0.2) is 0 Å². The van der Waals surface area contributed by atoms with Crippen LogP contribution in [0.3, 0.4) is 0 Å². The largest absolute Gasteiger partial charge is 0.416 e. The van der Waals surface area contributed by atoms with Crippen LogP contribution in [0.2, 0.25) is 0 Å². The molecule has 1 fully saturated rings. The first-order chi connectivity index (χ1) is 16.8. The molecule has 1 saturated heterocycles. The molecule has 1 amide bonds. The fourth-order valence-electron chi connectivity index (χ4n) is 3.71. The van der Waals surface area contributed by atoms with E-state index < -0.39 is 37.7 Å². The molecule has 0 saturated carbocycles. The highest BCUT2D eigenvalue weighted by Crippen LogP contribution is 2.29. The van der Waals surface area contributed by atoms with Gasteiger partial charge in [0, 0.05) is 31.6 Å². The zero-order valence-electron chi connectivity index (χ0n) is 19.2. The van der Waals surface area contributed by atoms with E-state index in [1.54, 1.807) is 0 Å². The van der Waals surface area contributed by atoms with Crippen LogP contribution < -0.4 is 10.0 Å². The number of hydrogen-bond donors (Lipinski definition) is 2. The van der Waals surface area contributed by atoms with E-state index in [2.05, 4.69) is 16.6 Å². The van der Waals surface area contributed by atoms with Gasteiger partial charge in [0.05, 0.1) is 16.9 Å². The minimum atomic E-state index is -4.47. The van der Waals surface area contributed by atoms with Gasteiger partial charge in [-0.1, -0.05) is 30.8 Å². The number of sulfonamides is 2. The highest BCUT2D eigenvalue weighted by atomic mass is 32.2. The summed E-state index contributed by atoms with van der Waals surface area (Å²) in [7, 11) is -7.38. The van der Waals surface area contributed by atoms with Crippen LogP contribution in [0.4, 0.5) is 13.2 Å². The molecule has 3 rings (SSSR count). The Hall–Kier alpha value is -2.74. The predicted molar refractivity (Wildman–Crippen MR) is 127 cm³/mol. The minimum Gasteiger partial charge on any atom is -0.352 e. The Morgan fingerprint density at radius 2 is 1.78 bits per heavy atom.